The van der Waals surface area contributed by atoms with Crippen molar-refractivity contribution >= 4 is 5.91 Å². The maximum Gasteiger partial charge on any atom is 0.240 e. The van der Waals surface area contributed by atoms with Crippen LogP contribution < -0.4 is 5.32 Å². The lowest BCUT2D eigenvalue weighted by Gasteiger charge is -2.28. The van der Waals surface area contributed by atoms with Crippen LogP contribution in [0.15, 0.2) is 24.3 Å². The van der Waals surface area contributed by atoms with E-state index in [1.807, 2.05) is 0 Å². The average Bonchev–Trinajstić information content (AvgIpc) is 3.10. The monoisotopic (exact) mass is 258 g/mol. The molecule has 0 spiro atoms. The Morgan fingerprint density at radius 3 is 2.84 bits per heavy atom. The van der Waals surface area contributed by atoms with Gasteiger partial charge in [0.15, 0.2) is 0 Å². The fourth-order valence-corrected chi connectivity index (χ4v) is 3.41. The van der Waals surface area contributed by atoms with Crippen molar-refractivity contribution in [2.24, 2.45) is 0 Å². The number of benzene rings is 1. The Labute approximate surface area is 115 Å². The predicted molar refractivity (Wildman–Crippen MR) is 75.9 cm³/mol. The van der Waals surface area contributed by atoms with E-state index in [1.165, 1.54) is 11.1 Å². The molecule has 0 saturated carbocycles. The van der Waals surface area contributed by atoms with Crippen LogP contribution in [-0.4, -0.2) is 29.9 Å². The van der Waals surface area contributed by atoms with Crippen molar-refractivity contribution in [3.63, 3.8) is 0 Å². The van der Waals surface area contributed by atoms with Gasteiger partial charge in [0.1, 0.15) is 0 Å². The zero-order chi connectivity index (χ0) is 13.2. The molecule has 2 saturated heterocycles. The molecule has 2 atom stereocenters. The Morgan fingerprint density at radius 2 is 2.11 bits per heavy atom. The second kappa shape index (κ2) is 5.33. The van der Waals surface area contributed by atoms with Crippen molar-refractivity contribution in [1.82, 2.24) is 10.2 Å². The van der Waals surface area contributed by atoms with Gasteiger partial charge in [0.2, 0.25) is 5.91 Å². The van der Waals surface area contributed by atoms with Crippen LogP contribution in [0, 0.1) is 6.92 Å². The van der Waals surface area contributed by atoms with Crippen molar-refractivity contribution in [3.05, 3.63) is 35.4 Å². The highest BCUT2D eigenvalue weighted by Gasteiger charge is 2.35. The molecule has 19 heavy (non-hydrogen) atoms. The summed E-state index contributed by atoms with van der Waals surface area (Å²) in [5, 5.41) is 3.33. The van der Waals surface area contributed by atoms with E-state index < -0.39 is 0 Å². The number of hydrogen-bond acceptors (Lipinski definition) is 2. The minimum absolute atomic E-state index is 0.0598. The molecule has 0 bridgehead atoms. The molecule has 3 heteroatoms. The van der Waals surface area contributed by atoms with Crippen LogP contribution in [0.4, 0.5) is 0 Å². The SMILES string of the molecule is Cc1ccccc1C1CCCN1C(=O)C1CCCN1. The van der Waals surface area contributed by atoms with Gasteiger partial charge >= 0.3 is 0 Å². The molecule has 2 aliphatic heterocycles. The first-order valence-electron chi connectivity index (χ1n) is 7.37. The molecule has 2 heterocycles. The standard InChI is InChI=1S/C16H22N2O/c1-12-6-2-3-7-13(12)15-9-5-11-18(15)16(19)14-8-4-10-17-14/h2-3,6-7,14-15,17H,4-5,8-11H2,1H3. The highest BCUT2D eigenvalue weighted by Crippen LogP contribution is 2.34. The van der Waals surface area contributed by atoms with Gasteiger partial charge < -0.3 is 10.2 Å². The third-order valence-electron chi connectivity index (χ3n) is 4.44. The molecule has 102 valence electrons. The lowest BCUT2D eigenvalue weighted by molar-refractivity contribution is -0.134. The summed E-state index contributed by atoms with van der Waals surface area (Å²) in [5.74, 6) is 0.309. The van der Waals surface area contributed by atoms with Crippen molar-refractivity contribution in [2.45, 2.75) is 44.7 Å². The third kappa shape index (κ3) is 2.39. The molecule has 0 aliphatic carbocycles. The van der Waals surface area contributed by atoms with E-state index in [9.17, 15) is 4.79 Å². The molecule has 1 N–H and O–H groups in total. The predicted octanol–water partition coefficient (Wildman–Crippen LogP) is 2.41. The Balaban J connectivity index is 1.81. The zero-order valence-electron chi connectivity index (χ0n) is 11.6. The van der Waals surface area contributed by atoms with Gasteiger partial charge in [-0.2, -0.15) is 0 Å². The van der Waals surface area contributed by atoms with Gasteiger partial charge in [-0.3, -0.25) is 4.79 Å². The average molecular weight is 258 g/mol. The minimum atomic E-state index is 0.0598. The largest absolute Gasteiger partial charge is 0.334 e. The molecular formula is C16H22N2O. The Kier molecular flexibility index (Phi) is 3.56. The zero-order valence-corrected chi connectivity index (χ0v) is 11.6. The van der Waals surface area contributed by atoms with Crippen molar-refractivity contribution < 1.29 is 4.79 Å². The van der Waals surface area contributed by atoms with Crippen molar-refractivity contribution in [2.75, 3.05) is 13.1 Å². The first-order valence-corrected chi connectivity index (χ1v) is 7.37. The Bertz CT molecular complexity index is 466. The summed E-state index contributed by atoms with van der Waals surface area (Å²) in [4.78, 5) is 14.7. The molecule has 0 radical (unpaired) electrons. The fourth-order valence-electron chi connectivity index (χ4n) is 3.41. The minimum Gasteiger partial charge on any atom is -0.334 e. The van der Waals surface area contributed by atoms with Crippen LogP contribution in [0.3, 0.4) is 0 Å². The molecule has 3 rings (SSSR count). The van der Waals surface area contributed by atoms with Gasteiger partial charge in [-0.15, -0.1) is 0 Å². The lowest BCUT2D eigenvalue weighted by atomic mass is 9.99. The second-order valence-corrected chi connectivity index (χ2v) is 5.70. The van der Waals surface area contributed by atoms with Gasteiger partial charge in [-0.25, -0.2) is 0 Å². The van der Waals surface area contributed by atoms with E-state index in [0.29, 0.717) is 5.91 Å². The maximum atomic E-state index is 12.6. The van der Waals surface area contributed by atoms with E-state index >= 15 is 0 Å². The lowest BCUT2D eigenvalue weighted by Crippen LogP contribution is -2.43. The molecule has 0 aromatic heterocycles. The van der Waals surface area contributed by atoms with Crippen LogP contribution in [0.2, 0.25) is 0 Å². The van der Waals surface area contributed by atoms with Crippen LogP contribution >= 0.6 is 0 Å². The van der Waals surface area contributed by atoms with Gasteiger partial charge in [0, 0.05) is 6.54 Å². The Morgan fingerprint density at radius 1 is 1.26 bits per heavy atom. The molecule has 1 aromatic carbocycles. The summed E-state index contributed by atoms with van der Waals surface area (Å²) >= 11 is 0. The summed E-state index contributed by atoms with van der Waals surface area (Å²) in [6, 6.07) is 8.81. The van der Waals surface area contributed by atoms with Gasteiger partial charge in [-0.1, -0.05) is 24.3 Å². The van der Waals surface area contributed by atoms with Gasteiger partial charge in [0.25, 0.3) is 0 Å². The number of aryl methyl sites for hydroxylation is 1. The summed E-state index contributed by atoms with van der Waals surface area (Å²) in [6.07, 6.45) is 4.34. The van der Waals surface area contributed by atoms with Gasteiger partial charge in [0.05, 0.1) is 12.1 Å². The third-order valence-corrected chi connectivity index (χ3v) is 4.44. The maximum absolute atomic E-state index is 12.6. The number of nitrogens with zero attached hydrogens (tertiary/aromatic N) is 1. The van der Waals surface area contributed by atoms with E-state index in [-0.39, 0.29) is 12.1 Å². The van der Waals surface area contributed by atoms with Gasteiger partial charge in [-0.05, 0) is 50.3 Å². The molecule has 2 unspecified atom stereocenters. The smallest absolute Gasteiger partial charge is 0.240 e. The number of amides is 1. The highest BCUT2D eigenvalue weighted by atomic mass is 16.2. The fraction of sp³-hybridized carbons (Fsp3) is 0.562. The molecule has 2 aliphatic rings. The Hall–Kier alpha value is -1.35. The van der Waals surface area contributed by atoms with Crippen LogP contribution in [0.1, 0.15) is 42.9 Å². The van der Waals surface area contributed by atoms with Crippen LogP contribution in [0.25, 0.3) is 0 Å². The molecular weight excluding hydrogens is 236 g/mol. The summed E-state index contributed by atoms with van der Waals surface area (Å²) < 4.78 is 0. The van der Waals surface area contributed by atoms with E-state index in [0.717, 1.165) is 38.8 Å². The quantitative estimate of drug-likeness (QED) is 0.883. The second-order valence-electron chi connectivity index (χ2n) is 5.70. The first-order chi connectivity index (χ1) is 9.27. The number of hydrogen-bond donors (Lipinski definition) is 1. The molecule has 3 nitrogen and oxygen atoms in total. The van der Waals surface area contributed by atoms with Crippen molar-refractivity contribution in [1.29, 1.82) is 0 Å². The topological polar surface area (TPSA) is 32.3 Å². The van der Waals surface area contributed by atoms with E-state index in [4.69, 9.17) is 0 Å². The van der Waals surface area contributed by atoms with E-state index in [1.54, 1.807) is 0 Å². The molecule has 1 aromatic rings. The number of rotatable bonds is 2. The first kappa shape index (κ1) is 12.7. The van der Waals surface area contributed by atoms with Crippen molar-refractivity contribution in [3.8, 4) is 0 Å². The number of carbonyl (C=O) groups excluding carboxylic acids is 1. The summed E-state index contributed by atoms with van der Waals surface area (Å²) in [5.41, 5.74) is 2.62. The van der Waals surface area contributed by atoms with Crippen LogP contribution in [0.5, 0.6) is 0 Å². The molecule has 2 fully saturated rings. The summed E-state index contributed by atoms with van der Waals surface area (Å²) in [7, 11) is 0. The normalized spacial score (nSPS) is 26.9. The number of carbonyl (C=O) groups is 1. The van der Waals surface area contributed by atoms with E-state index in [2.05, 4.69) is 41.4 Å². The molecule has 1 amide bonds. The number of nitrogens with one attached hydrogen (secondary N) is 1. The number of likely N-dealkylation sites (tertiary alicyclic amines) is 1. The van der Waals surface area contributed by atoms with Crippen LogP contribution in [-0.2, 0) is 4.79 Å². The highest BCUT2D eigenvalue weighted by molar-refractivity contribution is 5.83. The summed E-state index contributed by atoms with van der Waals surface area (Å²) in [6.45, 7) is 4.04.